The first kappa shape index (κ1) is 21.2. The summed E-state index contributed by atoms with van der Waals surface area (Å²) in [6, 6.07) is 11.2. The molecule has 0 radical (unpaired) electrons. The van der Waals surface area contributed by atoms with Gasteiger partial charge < -0.3 is 20.3 Å². The number of hydrogen-bond acceptors (Lipinski definition) is 4. The molecule has 2 saturated heterocycles. The average Bonchev–Trinajstić information content (AvgIpc) is 3.55. The Bertz CT molecular complexity index is 789. The van der Waals surface area contributed by atoms with E-state index in [2.05, 4.69) is 59.1 Å². The van der Waals surface area contributed by atoms with E-state index in [-0.39, 0.29) is 22.5 Å². The van der Waals surface area contributed by atoms with Crippen molar-refractivity contribution in [3.63, 3.8) is 0 Å². The lowest BCUT2D eigenvalue weighted by molar-refractivity contribution is -0.115. The summed E-state index contributed by atoms with van der Waals surface area (Å²) < 4.78 is 5.48. The van der Waals surface area contributed by atoms with E-state index >= 15 is 0 Å². The fourth-order valence-electron chi connectivity index (χ4n) is 6.20. The van der Waals surface area contributed by atoms with Gasteiger partial charge in [0.25, 0.3) is 0 Å². The molecule has 1 spiro atoms. The number of rotatable bonds is 7. The van der Waals surface area contributed by atoms with Gasteiger partial charge in [-0.3, -0.25) is 4.90 Å². The number of nitrogens with zero attached hydrogens (tertiary/aromatic N) is 3. The molecule has 0 atom stereocenters. The van der Waals surface area contributed by atoms with Crippen LogP contribution >= 0.6 is 0 Å². The van der Waals surface area contributed by atoms with Crippen LogP contribution in [0, 0.1) is 11.3 Å². The molecule has 5 rings (SSSR count). The molecule has 31 heavy (non-hydrogen) atoms. The monoisotopic (exact) mass is 426 g/mol. The van der Waals surface area contributed by atoms with Crippen molar-refractivity contribution >= 4 is 6.03 Å². The minimum atomic E-state index is -0.0431. The fourth-order valence-corrected chi connectivity index (χ4v) is 6.20. The molecule has 1 aromatic carbocycles. The predicted molar refractivity (Wildman–Crippen MR) is 122 cm³/mol. The van der Waals surface area contributed by atoms with Crippen LogP contribution in [0.1, 0.15) is 44.1 Å². The van der Waals surface area contributed by atoms with Crippen LogP contribution in [0.5, 0.6) is 0 Å². The van der Waals surface area contributed by atoms with E-state index in [9.17, 15) is 4.79 Å². The van der Waals surface area contributed by atoms with Crippen molar-refractivity contribution in [2.75, 3.05) is 53.5 Å². The highest BCUT2D eigenvalue weighted by Gasteiger charge is 2.56. The third kappa shape index (κ3) is 3.57. The summed E-state index contributed by atoms with van der Waals surface area (Å²) in [6.07, 6.45) is 6.81. The van der Waals surface area contributed by atoms with Crippen molar-refractivity contribution in [3.05, 3.63) is 35.9 Å². The maximum Gasteiger partial charge on any atom is 0.320 e. The molecule has 6 heteroatoms. The van der Waals surface area contributed by atoms with Crippen molar-refractivity contribution in [2.24, 2.45) is 17.1 Å². The summed E-state index contributed by atoms with van der Waals surface area (Å²) >= 11 is 0. The van der Waals surface area contributed by atoms with Crippen LogP contribution < -0.4 is 5.73 Å². The third-order valence-electron chi connectivity index (χ3n) is 8.65. The van der Waals surface area contributed by atoms with Crippen LogP contribution in [0.15, 0.2) is 30.3 Å². The zero-order valence-electron chi connectivity index (χ0n) is 19.2. The van der Waals surface area contributed by atoms with E-state index in [1.54, 1.807) is 0 Å². The number of carbonyl (C=O) groups excluding carboxylic acids is 1. The lowest BCUT2D eigenvalue weighted by Gasteiger charge is -2.51. The van der Waals surface area contributed by atoms with Crippen molar-refractivity contribution in [1.82, 2.24) is 14.7 Å². The van der Waals surface area contributed by atoms with E-state index < -0.39 is 0 Å². The molecule has 6 nitrogen and oxygen atoms in total. The number of nitrogens with two attached hydrogens (primary N) is 1. The van der Waals surface area contributed by atoms with Crippen LogP contribution in [-0.2, 0) is 10.3 Å². The Morgan fingerprint density at radius 3 is 2.29 bits per heavy atom. The summed E-state index contributed by atoms with van der Waals surface area (Å²) in [4.78, 5) is 20.4. The Morgan fingerprint density at radius 1 is 1.10 bits per heavy atom. The number of amides is 2. The number of carbonyl (C=O) groups is 1. The van der Waals surface area contributed by atoms with Gasteiger partial charge in [-0.05, 0) is 64.1 Å². The molecular weight excluding hydrogens is 388 g/mol. The second-order valence-corrected chi connectivity index (χ2v) is 10.9. The van der Waals surface area contributed by atoms with Crippen molar-refractivity contribution in [1.29, 1.82) is 0 Å². The number of urea groups is 1. The van der Waals surface area contributed by atoms with Crippen LogP contribution in [0.2, 0.25) is 0 Å². The highest BCUT2D eigenvalue weighted by atomic mass is 16.5. The first-order valence-corrected chi connectivity index (χ1v) is 12.0. The molecular formula is C25H38N4O2. The van der Waals surface area contributed by atoms with Crippen molar-refractivity contribution in [3.8, 4) is 0 Å². The van der Waals surface area contributed by atoms with Crippen LogP contribution in [-0.4, -0.2) is 79.8 Å². The van der Waals surface area contributed by atoms with E-state index in [4.69, 9.17) is 10.5 Å². The highest BCUT2D eigenvalue weighted by molar-refractivity contribution is 5.78. The molecule has 0 aromatic heterocycles. The maximum atomic E-state index is 13.6. The molecule has 4 aliphatic rings. The summed E-state index contributed by atoms with van der Waals surface area (Å²) in [7, 11) is 4.42. The quantitative estimate of drug-likeness (QED) is 0.728. The van der Waals surface area contributed by atoms with Gasteiger partial charge in [-0.2, -0.15) is 0 Å². The van der Waals surface area contributed by atoms with Crippen molar-refractivity contribution < 1.29 is 9.53 Å². The number of hydrogen-bond donors (Lipinski definition) is 1. The van der Waals surface area contributed by atoms with E-state index in [0.717, 1.165) is 45.3 Å². The third-order valence-corrected chi connectivity index (χ3v) is 8.65. The van der Waals surface area contributed by atoms with Crippen LogP contribution in [0.25, 0.3) is 0 Å². The Morgan fingerprint density at radius 2 is 1.77 bits per heavy atom. The topological polar surface area (TPSA) is 62.0 Å². The first-order valence-electron chi connectivity index (χ1n) is 12.0. The number of ether oxygens (including phenoxy) is 1. The van der Waals surface area contributed by atoms with Gasteiger partial charge in [-0.1, -0.05) is 30.3 Å². The smallest absolute Gasteiger partial charge is 0.320 e. The summed E-state index contributed by atoms with van der Waals surface area (Å²) in [6.45, 7) is 4.47. The highest BCUT2D eigenvalue weighted by Crippen LogP contribution is 2.50. The number of benzene rings is 1. The van der Waals surface area contributed by atoms with E-state index in [1.165, 1.54) is 18.4 Å². The minimum Gasteiger partial charge on any atom is -0.380 e. The van der Waals surface area contributed by atoms with E-state index in [1.807, 2.05) is 0 Å². The van der Waals surface area contributed by atoms with Gasteiger partial charge in [0.05, 0.1) is 18.8 Å². The lowest BCUT2D eigenvalue weighted by atomic mass is 9.68. The van der Waals surface area contributed by atoms with Crippen LogP contribution in [0.4, 0.5) is 4.79 Å². The molecule has 170 valence electrons. The Hall–Kier alpha value is -1.63. The van der Waals surface area contributed by atoms with Gasteiger partial charge in [0.1, 0.15) is 0 Å². The molecule has 0 bridgehead atoms. The van der Waals surface area contributed by atoms with Gasteiger partial charge in [0.2, 0.25) is 0 Å². The average molecular weight is 427 g/mol. The Labute approximate surface area is 186 Å². The fraction of sp³-hybridized carbons (Fsp3) is 0.720. The van der Waals surface area contributed by atoms with Gasteiger partial charge in [-0.15, -0.1) is 0 Å². The summed E-state index contributed by atoms with van der Waals surface area (Å²) in [5.74, 6) is 0.700. The zero-order chi connectivity index (χ0) is 21.7. The minimum absolute atomic E-state index is 0.0334. The second-order valence-electron chi connectivity index (χ2n) is 10.9. The molecule has 4 fully saturated rings. The molecule has 2 saturated carbocycles. The van der Waals surface area contributed by atoms with E-state index in [0.29, 0.717) is 25.7 Å². The van der Waals surface area contributed by atoms with Gasteiger partial charge in [0.15, 0.2) is 0 Å². The predicted octanol–water partition coefficient (Wildman–Crippen LogP) is 2.88. The van der Waals surface area contributed by atoms with Crippen molar-refractivity contribution in [2.45, 2.75) is 49.6 Å². The Balaban J connectivity index is 1.39. The van der Waals surface area contributed by atoms with Gasteiger partial charge in [-0.25, -0.2) is 4.79 Å². The molecule has 2 N–H and O–H groups in total. The Kier molecular flexibility index (Phi) is 5.31. The lowest BCUT2D eigenvalue weighted by Crippen LogP contribution is -2.56. The molecule has 2 heterocycles. The zero-order valence-corrected chi connectivity index (χ0v) is 19.2. The van der Waals surface area contributed by atoms with Gasteiger partial charge >= 0.3 is 6.03 Å². The normalized spacial score (nSPS) is 32.7. The molecule has 2 amide bonds. The van der Waals surface area contributed by atoms with Gasteiger partial charge in [0, 0.05) is 37.1 Å². The SMILES string of the molecule is CN(C)C1(c2ccccc2)CCC2(CC1)CN(CC1(CN)COC1)C(=O)N2CC1CC1. The summed E-state index contributed by atoms with van der Waals surface area (Å²) in [5.41, 5.74) is 7.46. The molecule has 2 aliphatic heterocycles. The van der Waals surface area contributed by atoms with Crippen LogP contribution in [0.3, 0.4) is 0 Å². The maximum absolute atomic E-state index is 13.6. The second kappa shape index (κ2) is 7.75. The largest absolute Gasteiger partial charge is 0.380 e. The molecule has 2 aliphatic carbocycles. The molecule has 1 aromatic rings. The summed E-state index contributed by atoms with van der Waals surface area (Å²) in [5, 5.41) is 0. The molecule has 0 unspecified atom stereocenters. The first-order chi connectivity index (χ1) is 14.9. The standard InChI is InChI=1S/C25H38N4O2/c1-27(2)25(21-6-4-3-5-7-21)12-10-24(11-13-25)17-28(16-23(15-26)18-31-19-23)22(30)29(24)14-20-8-9-20/h3-7,20H,8-19,26H2,1-2H3.